The average Bonchev–Trinajstić information content (AvgIpc) is 3.28. The Bertz CT molecular complexity index is 271. The molecule has 19 heavy (non-hydrogen) atoms. The molecule has 3 rings (SSSR count). The zero-order chi connectivity index (χ0) is 13.2. The summed E-state index contributed by atoms with van der Waals surface area (Å²) < 4.78 is 0. The first kappa shape index (κ1) is 13.9. The minimum Gasteiger partial charge on any atom is -0.314 e. The third-order valence-corrected chi connectivity index (χ3v) is 5.60. The van der Waals surface area contributed by atoms with Gasteiger partial charge in [-0.2, -0.15) is 0 Å². The summed E-state index contributed by atoms with van der Waals surface area (Å²) in [6.45, 7) is 8.66. The summed E-state index contributed by atoms with van der Waals surface area (Å²) in [5, 5.41) is 3.72. The topological polar surface area (TPSA) is 15.3 Å². The summed E-state index contributed by atoms with van der Waals surface area (Å²) in [4.78, 5) is 2.81. The molecule has 2 heteroatoms. The maximum Gasteiger partial charge on any atom is 0.00940 e. The molecule has 3 fully saturated rings. The third kappa shape index (κ3) is 3.72. The molecule has 2 aliphatic carbocycles. The van der Waals surface area contributed by atoms with Gasteiger partial charge in [0.25, 0.3) is 0 Å². The predicted octanol–water partition coefficient (Wildman–Crippen LogP) is 3.28. The summed E-state index contributed by atoms with van der Waals surface area (Å²) in [6.07, 6.45) is 10.1. The van der Waals surface area contributed by atoms with Crippen LogP contribution in [0.2, 0.25) is 0 Å². The van der Waals surface area contributed by atoms with Gasteiger partial charge in [0, 0.05) is 18.6 Å². The van der Waals surface area contributed by atoms with Gasteiger partial charge in [0.05, 0.1) is 0 Å². The van der Waals surface area contributed by atoms with Crippen molar-refractivity contribution in [2.24, 2.45) is 17.8 Å². The van der Waals surface area contributed by atoms with Gasteiger partial charge in [-0.3, -0.25) is 0 Å². The largest absolute Gasteiger partial charge is 0.314 e. The van der Waals surface area contributed by atoms with E-state index in [-0.39, 0.29) is 0 Å². The van der Waals surface area contributed by atoms with E-state index in [0.29, 0.717) is 0 Å². The second-order valence-corrected chi connectivity index (χ2v) is 7.36. The molecule has 2 unspecified atom stereocenters. The standard InChI is InChI=1S/C17H32N2/c1-3-9-18-16-8-10-19(13(2)11-16)12-17(14-4-5-14)15-6-7-15/h13-18H,3-12H2,1-2H3. The molecule has 1 N–H and O–H groups in total. The highest BCUT2D eigenvalue weighted by Crippen LogP contribution is 2.49. The second-order valence-electron chi connectivity index (χ2n) is 7.36. The Balaban J connectivity index is 1.46. The molecule has 0 amide bonds. The lowest BCUT2D eigenvalue weighted by atomic mass is 9.92. The number of nitrogens with zero attached hydrogens (tertiary/aromatic N) is 1. The Kier molecular flexibility index (Phi) is 4.48. The molecule has 0 aromatic heterocycles. The Morgan fingerprint density at radius 3 is 2.32 bits per heavy atom. The summed E-state index contributed by atoms with van der Waals surface area (Å²) in [7, 11) is 0. The maximum atomic E-state index is 3.72. The van der Waals surface area contributed by atoms with Crippen molar-refractivity contribution in [3.05, 3.63) is 0 Å². The van der Waals surface area contributed by atoms with Crippen molar-refractivity contribution in [1.82, 2.24) is 10.2 Å². The van der Waals surface area contributed by atoms with Gasteiger partial charge in [0.2, 0.25) is 0 Å². The molecule has 0 aromatic rings. The minimum absolute atomic E-state index is 0.784. The minimum atomic E-state index is 0.784. The van der Waals surface area contributed by atoms with Crippen LogP contribution >= 0.6 is 0 Å². The van der Waals surface area contributed by atoms with E-state index in [2.05, 4.69) is 24.1 Å². The zero-order valence-corrected chi connectivity index (χ0v) is 12.9. The highest BCUT2D eigenvalue weighted by atomic mass is 15.2. The van der Waals surface area contributed by atoms with E-state index in [0.717, 1.165) is 29.8 Å². The normalized spacial score (nSPS) is 33.0. The molecule has 1 saturated heterocycles. The number of rotatable bonds is 7. The maximum absolute atomic E-state index is 3.72. The van der Waals surface area contributed by atoms with Crippen LogP contribution in [0.5, 0.6) is 0 Å². The quantitative estimate of drug-likeness (QED) is 0.759. The van der Waals surface area contributed by atoms with Gasteiger partial charge < -0.3 is 10.2 Å². The molecule has 0 aromatic carbocycles. The Morgan fingerprint density at radius 1 is 1.11 bits per heavy atom. The van der Waals surface area contributed by atoms with Crippen LogP contribution < -0.4 is 5.32 Å². The molecule has 1 heterocycles. The lowest BCUT2D eigenvalue weighted by Gasteiger charge is -2.40. The number of likely N-dealkylation sites (tertiary alicyclic amines) is 1. The molecular weight excluding hydrogens is 232 g/mol. The first-order valence-electron chi connectivity index (χ1n) is 8.75. The van der Waals surface area contributed by atoms with Crippen LogP contribution in [0.1, 0.15) is 58.8 Å². The molecule has 3 aliphatic rings. The SMILES string of the molecule is CCCNC1CCN(CC(C2CC2)C2CC2)C(C)C1. The average molecular weight is 264 g/mol. The number of hydrogen-bond donors (Lipinski definition) is 1. The fourth-order valence-electron chi connectivity index (χ4n) is 4.03. The van der Waals surface area contributed by atoms with Crippen molar-refractivity contribution in [2.75, 3.05) is 19.6 Å². The molecule has 0 spiro atoms. The molecule has 110 valence electrons. The molecule has 0 bridgehead atoms. The number of hydrogen-bond acceptors (Lipinski definition) is 2. The van der Waals surface area contributed by atoms with Crippen LogP contribution in [-0.2, 0) is 0 Å². The molecule has 0 radical (unpaired) electrons. The lowest BCUT2D eigenvalue weighted by molar-refractivity contribution is 0.105. The Morgan fingerprint density at radius 2 is 1.79 bits per heavy atom. The van der Waals surface area contributed by atoms with Crippen molar-refractivity contribution in [3.8, 4) is 0 Å². The summed E-state index contributed by atoms with van der Waals surface area (Å²) in [6, 6.07) is 1.58. The smallest absolute Gasteiger partial charge is 0.00940 e. The van der Waals surface area contributed by atoms with Gasteiger partial charge in [-0.25, -0.2) is 0 Å². The van der Waals surface area contributed by atoms with Crippen LogP contribution in [-0.4, -0.2) is 36.6 Å². The van der Waals surface area contributed by atoms with Gasteiger partial charge >= 0.3 is 0 Å². The van der Waals surface area contributed by atoms with E-state index in [1.807, 2.05) is 0 Å². The summed E-state index contributed by atoms with van der Waals surface area (Å²) in [5.74, 6) is 3.27. The first-order valence-corrected chi connectivity index (χ1v) is 8.75. The molecule has 2 atom stereocenters. The van der Waals surface area contributed by atoms with Crippen molar-refractivity contribution in [2.45, 2.75) is 70.9 Å². The van der Waals surface area contributed by atoms with Gasteiger partial charge in [-0.1, -0.05) is 6.92 Å². The van der Waals surface area contributed by atoms with Crippen molar-refractivity contribution in [1.29, 1.82) is 0 Å². The molecule has 1 aliphatic heterocycles. The van der Waals surface area contributed by atoms with Gasteiger partial charge in [0.15, 0.2) is 0 Å². The fourth-order valence-corrected chi connectivity index (χ4v) is 4.03. The van der Waals surface area contributed by atoms with E-state index in [1.165, 1.54) is 64.6 Å². The van der Waals surface area contributed by atoms with Crippen LogP contribution in [0, 0.1) is 17.8 Å². The second kappa shape index (κ2) is 6.13. The Labute approximate surface area is 119 Å². The van der Waals surface area contributed by atoms with Gasteiger partial charge in [-0.15, -0.1) is 0 Å². The van der Waals surface area contributed by atoms with E-state index >= 15 is 0 Å². The van der Waals surface area contributed by atoms with E-state index in [4.69, 9.17) is 0 Å². The molecule has 2 saturated carbocycles. The summed E-state index contributed by atoms with van der Waals surface area (Å²) >= 11 is 0. The Hall–Kier alpha value is -0.0800. The lowest BCUT2D eigenvalue weighted by Crippen LogP contribution is -2.49. The van der Waals surface area contributed by atoms with Crippen molar-refractivity contribution < 1.29 is 0 Å². The van der Waals surface area contributed by atoms with Gasteiger partial charge in [0.1, 0.15) is 0 Å². The van der Waals surface area contributed by atoms with Crippen LogP contribution in [0.25, 0.3) is 0 Å². The van der Waals surface area contributed by atoms with E-state index < -0.39 is 0 Å². The predicted molar refractivity (Wildman–Crippen MR) is 81.3 cm³/mol. The van der Waals surface area contributed by atoms with Crippen molar-refractivity contribution in [3.63, 3.8) is 0 Å². The summed E-state index contributed by atoms with van der Waals surface area (Å²) in [5.41, 5.74) is 0. The molecule has 2 nitrogen and oxygen atoms in total. The van der Waals surface area contributed by atoms with Crippen molar-refractivity contribution >= 4 is 0 Å². The highest BCUT2D eigenvalue weighted by Gasteiger charge is 2.42. The van der Waals surface area contributed by atoms with E-state index in [1.54, 1.807) is 0 Å². The van der Waals surface area contributed by atoms with E-state index in [9.17, 15) is 0 Å². The zero-order valence-electron chi connectivity index (χ0n) is 12.9. The van der Waals surface area contributed by atoms with Crippen LogP contribution in [0.4, 0.5) is 0 Å². The fraction of sp³-hybridized carbons (Fsp3) is 1.00. The van der Waals surface area contributed by atoms with Crippen LogP contribution in [0.3, 0.4) is 0 Å². The third-order valence-electron chi connectivity index (χ3n) is 5.60. The molecular formula is C17H32N2. The van der Waals surface area contributed by atoms with Gasteiger partial charge in [-0.05, 0) is 82.7 Å². The monoisotopic (exact) mass is 264 g/mol. The number of piperidine rings is 1. The first-order chi connectivity index (χ1) is 9.28. The highest BCUT2D eigenvalue weighted by molar-refractivity contribution is 4.94. The van der Waals surface area contributed by atoms with Crippen LogP contribution in [0.15, 0.2) is 0 Å². The number of nitrogens with one attached hydrogen (secondary N) is 1.